The number of aromatic nitrogens is 3. The van der Waals surface area contributed by atoms with Gasteiger partial charge in [-0.3, -0.25) is 9.59 Å². The first-order valence-electron chi connectivity index (χ1n) is 10.4. The Hall–Kier alpha value is -2.42. The van der Waals surface area contributed by atoms with Crippen molar-refractivity contribution in [3.8, 4) is 0 Å². The Labute approximate surface area is 180 Å². The number of nitrogens with one attached hydrogen (secondary N) is 1. The average Bonchev–Trinajstić information content (AvgIpc) is 3.00. The molecule has 1 N–H and O–H groups in total. The Morgan fingerprint density at radius 2 is 2.00 bits per heavy atom. The molecule has 1 aliphatic rings. The van der Waals surface area contributed by atoms with Crippen LogP contribution in [0.4, 0.5) is 4.39 Å². The van der Waals surface area contributed by atoms with E-state index in [2.05, 4.69) is 15.5 Å². The lowest BCUT2D eigenvalue weighted by Crippen LogP contribution is -2.31. The molecule has 1 unspecified atom stereocenters. The number of halogens is 1. The second-order valence-corrected chi connectivity index (χ2v) is 8.34. The van der Waals surface area contributed by atoms with E-state index in [0.717, 1.165) is 37.2 Å². The van der Waals surface area contributed by atoms with Gasteiger partial charge in [0, 0.05) is 19.5 Å². The smallest absolute Gasteiger partial charge is 0.230 e. The van der Waals surface area contributed by atoms with Crippen molar-refractivity contribution in [2.24, 2.45) is 0 Å². The van der Waals surface area contributed by atoms with Crippen LogP contribution in [0.3, 0.4) is 0 Å². The molecule has 9 heteroatoms. The van der Waals surface area contributed by atoms with Gasteiger partial charge < -0.3 is 14.8 Å². The van der Waals surface area contributed by atoms with Crippen LogP contribution < -0.4 is 5.32 Å². The summed E-state index contributed by atoms with van der Waals surface area (Å²) in [5, 5.41) is 12.1. The molecule has 2 aromatic rings. The van der Waals surface area contributed by atoms with Gasteiger partial charge in [0.2, 0.25) is 11.8 Å². The zero-order valence-corrected chi connectivity index (χ0v) is 18.3. The number of carbonyl (C=O) groups excluding carboxylic acids is 2. The molecule has 1 atom stereocenters. The van der Waals surface area contributed by atoms with Gasteiger partial charge in [0.15, 0.2) is 11.0 Å². The summed E-state index contributed by atoms with van der Waals surface area (Å²) in [5.74, 6) is 0.680. The minimum absolute atomic E-state index is 0.133. The fraction of sp³-hybridized carbons (Fsp3) is 0.524. The molecule has 2 amide bonds. The molecule has 7 nitrogen and oxygen atoms in total. The lowest BCUT2D eigenvalue weighted by Gasteiger charge is -2.20. The molecule has 1 aliphatic heterocycles. The number of rotatable bonds is 8. The van der Waals surface area contributed by atoms with E-state index in [1.54, 1.807) is 12.1 Å². The molecule has 0 bridgehead atoms. The number of amides is 2. The Kier molecular flexibility index (Phi) is 7.84. The summed E-state index contributed by atoms with van der Waals surface area (Å²) in [7, 11) is 0. The summed E-state index contributed by atoms with van der Waals surface area (Å²) in [5.41, 5.74) is 0.843. The van der Waals surface area contributed by atoms with Gasteiger partial charge >= 0.3 is 0 Å². The molecule has 1 saturated heterocycles. The molecule has 1 aromatic heterocycles. The van der Waals surface area contributed by atoms with Crippen molar-refractivity contribution in [2.45, 2.75) is 63.8 Å². The third-order valence-electron chi connectivity index (χ3n) is 5.19. The van der Waals surface area contributed by atoms with Crippen molar-refractivity contribution in [1.82, 2.24) is 25.0 Å². The van der Waals surface area contributed by atoms with E-state index < -0.39 is 0 Å². The highest BCUT2D eigenvalue weighted by Gasteiger charge is 2.21. The molecule has 162 valence electrons. The van der Waals surface area contributed by atoms with Crippen LogP contribution in [0.5, 0.6) is 0 Å². The number of hydrogen-bond donors (Lipinski definition) is 1. The van der Waals surface area contributed by atoms with Gasteiger partial charge in [-0.15, -0.1) is 10.2 Å². The van der Waals surface area contributed by atoms with Crippen molar-refractivity contribution in [2.75, 3.05) is 12.3 Å². The molecule has 3 rings (SSSR count). The van der Waals surface area contributed by atoms with Gasteiger partial charge in [-0.05, 0) is 44.4 Å². The number of nitrogens with zero attached hydrogens (tertiary/aromatic N) is 4. The Bertz CT molecular complexity index is 871. The Morgan fingerprint density at radius 3 is 2.73 bits per heavy atom. The zero-order chi connectivity index (χ0) is 21.5. The molecule has 0 spiro atoms. The summed E-state index contributed by atoms with van der Waals surface area (Å²) >= 11 is 1.32. The highest BCUT2D eigenvalue weighted by molar-refractivity contribution is 7.99. The number of hydrogen-bond acceptors (Lipinski definition) is 5. The van der Waals surface area contributed by atoms with Crippen LogP contribution in [0.15, 0.2) is 29.4 Å². The normalized spacial score (nSPS) is 15.7. The second-order valence-electron chi connectivity index (χ2n) is 7.40. The first kappa shape index (κ1) is 22.3. The number of benzene rings is 1. The maximum absolute atomic E-state index is 13.1. The lowest BCUT2D eigenvalue weighted by molar-refractivity contribution is -0.131. The predicted molar refractivity (Wildman–Crippen MR) is 113 cm³/mol. The molecule has 30 heavy (non-hydrogen) atoms. The molecular weight excluding hydrogens is 405 g/mol. The topological polar surface area (TPSA) is 80.1 Å². The number of likely N-dealkylation sites (tertiary alicyclic amines) is 1. The van der Waals surface area contributed by atoms with Crippen LogP contribution in [0.1, 0.15) is 57.0 Å². The summed E-state index contributed by atoms with van der Waals surface area (Å²) in [6.07, 6.45) is 3.63. The standard InChI is InChI=1S/C21H28FN5O2S/c1-3-27-18(13-26-12-6-4-5-7-20(26)29)24-25-21(27)30-14-19(28)23-15(2)16-8-10-17(22)11-9-16/h8-11,15H,3-7,12-14H2,1-2H3,(H,23,28). The van der Waals surface area contributed by atoms with Crippen molar-refractivity contribution in [3.63, 3.8) is 0 Å². The highest BCUT2D eigenvalue weighted by Crippen LogP contribution is 2.20. The number of carbonyl (C=O) groups is 2. The van der Waals surface area contributed by atoms with Crippen molar-refractivity contribution in [3.05, 3.63) is 41.5 Å². The van der Waals surface area contributed by atoms with Crippen molar-refractivity contribution < 1.29 is 14.0 Å². The van der Waals surface area contributed by atoms with Crippen LogP contribution in [0.2, 0.25) is 0 Å². The van der Waals surface area contributed by atoms with Gasteiger partial charge in [0.25, 0.3) is 0 Å². The van der Waals surface area contributed by atoms with Crippen LogP contribution >= 0.6 is 11.8 Å². The second kappa shape index (κ2) is 10.6. The van der Waals surface area contributed by atoms with E-state index in [0.29, 0.717) is 24.7 Å². The lowest BCUT2D eigenvalue weighted by atomic mass is 10.1. The van der Waals surface area contributed by atoms with Crippen molar-refractivity contribution >= 4 is 23.6 Å². The third kappa shape index (κ3) is 5.81. The first-order chi connectivity index (χ1) is 14.5. The Morgan fingerprint density at radius 1 is 1.23 bits per heavy atom. The van der Waals surface area contributed by atoms with E-state index in [1.165, 1.54) is 23.9 Å². The van der Waals surface area contributed by atoms with E-state index in [9.17, 15) is 14.0 Å². The minimum atomic E-state index is -0.301. The fourth-order valence-corrected chi connectivity index (χ4v) is 4.32. The third-order valence-corrected chi connectivity index (χ3v) is 6.16. The summed E-state index contributed by atoms with van der Waals surface area (Å²) < 4.78 is 15.0. The van der Waals surface area contributed by atoms with Gasteiger partial charge in [0.1, 0.15) is 5.82 Å². The number of thioether (sulfide) groups is 1. The first-order valence-corrected chi connectivity index (χ1v) is 11.3. The van der Waals surface area contributed by atoms with Crippen LogP contribution in [0.25, 0.3) is 0 Å². The van der Waals surface area contributed by atoms with E-state index >= 15 is 0 Å². The summed E-state index contributed by atoms with van der Waals surface area (Å²) in [6.45, 7) is 5.73. The molecule has 1 aromatic carbocycles. The van der Waals surface area contributed by atoms with Crippen LogP contribution in [-0.2, 0) is 22.7 Å². The Balaban J connectivity index is 1.56. The van der Waals surface area contributed by atoms with E-state index in [4.69, 9.17) is 0 Å². The predicted octanol–water partition coefficient (Wildman–Crippen LogP) is 3.31. The zero-order valence-electron chi connectivity index (χ0n) is 17.4. The monoisotopic (exact) mass is 433 g/mol. The van der Waals surface area contributed by atoms with E-state index in [-0.39, 0.29) is 29.4 Å². The SMILES string of the molecule is CCn1c(CN2CCCCCC2=O)nnc1SCC(=O)NC(C)c1ccc(F)cc1. The highest BCUT2D eigenvalue weighted by atomic mass is 32.2. The molecule has 0 aliphatic carbocycles. The van der Waals surface area contributed by atoms with Gasteiger partial charge in [-0.1, -0.05) is 30.3 Å². The molecular formula is C21H28FN5O2S. The summed E-state index contributed by atoms with van der Waals surface area (Å²) in [6, 6.07) is 5.88. The largest absolute Gasteiger partial charge is 0.349 e. The fourth-order valence-electron chi connectivity index (χ4n) is 3.48. The average molecular weight is 434 g/mol. The van der Waals surface area contributed by atoms with Crippen LogP contribution in [-0.4, -0.2) is 43.8 Å². The summed E-state index contributed by atoms with van der Waals surface area (Å²) in [4.78, 5) is 26.5. The maximum Gasteiger partial charge on any atom is 0.230 e. The molecule has 2 heterocycles. The molecule has 0 saturated carbocycles. The van der Waals surface area contributed by atoms with Gasteiger partial charge in [-0.25, -0.2) is 4.39 Å². The molecule has 1 fully saturated rings. The van der Waals surface area contributed by atoms with Crippen LogP contribution in [0, 0.1) is 5.82 Å². The minimum Gasteiger partial charge on any atom is -0.349 e. The van der Waals surface area contributed by atoms with Crippen molar-refractivity contribution in [1.29, 1.82) is 0 Å². The quantitative estimate of drug-likeness (QED) is 0.646. The molecule has 0 radical (unpaired) electrons. The van der Waals surface area contributed by atoms with E-state index in [1.807, 2.05) is 23.3 Å². The van der Waals surface area contributed by atoms with Gasteiger partial charge in [0.05, 0.1) is 18.3 Å². The maximum atomic E-state index is 13.1. The van der Waals surface area contributed by atoms with Gasteiger partial charge in [-0.2, -0.15) is 0 Å².